The molecule has 0 aromatic heterocycles. The van der Waals surface area contributed by atoms with Crippen LogP contribution >= 0.6 is 11.8 Å². The first-order valence-corrected chi connectivity index (χ1v) is 10.1. The van der Waals surface area contributed by atoms with Crippen LogP contribution in [-0.2, 0) is 9.59 Å². The molecule has 1 aliphatic rings. The Bertz CT molecular complexity index is 901. The van der Waals surface area contributed by atoms with Crippen molar-refractivity contribution in [3.05, 3.63) is 64.6 Å². The van der Waals surface area contributed by atoms with E-state index in [0.717, 1.165) is 5.56 Å². The zero-order valence-electron chi connectivity index (χ0n) is 16.1. The second-order valence-electron chi connectivity index (χ2n) is 6.75. The van der Waals surface area contributed by atoms with Gasteiger partial charge in [0.25, 0.3) is 11.8 Å². The van der Waals surface area contributed by atoms with Crippen molar-refractivity contribution in [2.45, 2.75) is 26.9 Å². The van der Waals surface area contributed by atoms with Crippen LogP contribution in [-0.4, -0.2) is 35.4 Å². The van der Waals surface area contributed by atoms with E-state index in [-0.39, 0.29) is 24.5 Å². The molecule has 0 unspecified atom stereocenters. The average Bonchev–Trinajstić information content (AvgIpc) is 2.91. The van der Waals surface area contributed by atoms with E-state index in [9.17, 15) is 14.7 Å². The van der Waals surface area contributed by atoms with Crippen LogP contribution in [0.25, 0.3) is 5.57 Å². The number of thioether (sulfide) groups is 1. The highest BCUT2D eigenvalue weighted by atomic mass is 32.2. The van der Waals surface area contributed by atoms with E-state index < -0.39 is 0 Å². The third-order valence-corrected chi connectivity index (χ3v) is 5.24. The maximum atomic E-state index is 13.2. The molecule has 1 heterocycles. The molecule has 5 nitrogen and oxygen atoms in total. The molecule has 0 atom stereocenters. The summed E-state index contributed by atoms with van der Waals surface area (Å²) >= 11 is 1.21. The predicted octanol–water partition coefficient (Wildman–Crippen LogP) is 3.79. The molecule has 0 saturated carbocycles. The lowest BCUT2D eigenvalue weighted by atomic mass is 10.0. The summed E-state index contributed by atoms with van der Waals surface area (Å²) in [4.78, 5) is 27.8. The summed E-state index contributed by atoms with van der Waals surface area (Å²) in [6.07, 6.45) is 0.0391. The second-order valence-corrected chi connectivity index (χ2v) is 7.85. The van der Waals surface area contributed by atoms with Crippen molar-refractivity contribution in [3.63, 3.8) is 0 Å². The highest BCUT2D eigenvalue weighted by molar-refractivity contribution is 8.04. The summed E-state index contributed by atoms with van der Waals surface area (Å²) in [7, 11) is 0. The number of amides is 2. The smallest absolute Gasteiger partial charge is 0.272 e. The molecule has 3 rings (SSSR count). The number of rotatable bonds is 7. The van der Waals surface area contributed by atoms with Gasteiger partial charge in [0.1, 0.15) is 5.75 Å². The molecule has 0 radical (unpaired) electrons. The molecule has 0 fully saturated rings. The van der Waals surface area contributed by atoms with Crippen molar-refractivity contribution in [2.24, 2.45) is 0 Å². The first-order chi connectivity index (χ1) is 13.4. The summed E-state index contributed by atoms with van der Waals surface area (Å²) in [5.74, 6) is 0.307. The van der Waals surface area contributed by atoms with Crippen LogP contribution in [0.3, 0.4) is 0 Å². The van der Waals surface area contributed by atoms with E-state index in [1.54, 1.807) is 24.3 Å². The topological polar surface area (TPSA) is 66.8 Å². The molecule has 2 amide bonds. The average molecular weight is 397 g/mol. The SMILES string of the molecule is Cc1ccc(C2=C(SCCO)C(=O)N(c3ccc(OC(C)C)cc3)C2=O)cc1. The van der Waals surface area contributed by atoms with Crippen molar-refractivity contribution in [1.82, 2.24) is 0 Å². The van der Waals surface area contributed by atoms with Gasteiger partial charge in [-0.15, -0.1) is 11.8 Å². The van der Waals surface area contributed by atoms with E-state index >= 15 is 0 Å². The normalized spacial score (nSPS) is 14.4. The predicted molar refractivity (Wildman–Crippen MR) is 112 cm³/mol. The van der Waals surface area contributed by atoms with Gasteiger partial charge in [0.05, 0.1) is 28.9 Å². The van der Waals surface area contributed by atoms with Crippen molar-refractivity contribution in [3.8, 4) is 5.75 Å². The first kappa shape index (κ1) is 20.2. The lowest BCUT2D eigenvalue weighted by Gasteiger charge is -2.16. The maximum Gasteiger partial charge on any atom is 0.272 e. The number of nitrogens with zero attached hydrogens (tertiary/aromatic N) is 1. The van der Waals surface area contributed by atoms with Crippen molar-refractivity contribution in [1.29, 1.82) is 0 Å². The first-order valence-electron chi connectivity index (χ1n) is 9.13. The summed E-state index contributed by atoms with van der Waals surface area (Å²) < 4.78 is 5.63. The van der Waals surface area contributed by atoms with Crippen molar-refractivity contribution >= 4 is 34.8 Å². The summed E-state index contributed by atoms with van der Waals surface area (Å²) in [6, 6.07) is 14.4. The lowest BCUT2D eigenvalue weighted by molar-refractivity contribution is -0.119. The van der Waals surface area contributed by atoms with Gasteiger partial charge in [-0.25, -0.2) is 4.90 Å². The number of carbonyl (C=O) groups is 2. The molecule has 0 bridgehead atoms. The van der Waals surface area contributed by atoms with Crippen LogP contribution in [0.1, 0.15) is 25.0 Å². The third kappa shape index (κ3) is 4.13. The minimum atomic E-state index is -0.364. The molecule has 0 saturated heterocycles. The zero-order chi connectivity index (χ0) is 20.3. The number of anilines is 1. The fourth-order valence-electron chi connectivity index (χ4n) is 2.95. The van der Waals surface area contributed by atoms with Crippen molar-refractivity contribution < 1.29 is 19.4 Å². The highest BCUT2D eigenvalue weighted by Crippen LogP contribution is 2.38. The second kappa shape index (κ2) is 8.63. The van der Waals surface area contributed by atoms with Crippen molar-refractivity contribution in [2.75, 3.05) is 17.3 Å². The molecular weight excluding hydrogens is 374 g/mol. The summed E-state index contributed by atoms with van der Waals surface area (Å²) in [5.41, 5.74) is 2.65. The number of aryl methyl sites for hydroxylation is 1. The van der Waals surface area contributed by atoms with Crippen LogP contribution < -0.4 is 9.64 Å². The molecule has 1 N–H and O–H groups in total. The Morgan fingerprint density at radius 3 is 2.21 bits per heavy atom. The number of ether oxygens (including phenoxy) is 1. The Balaban J connectivity index is 1.96. The van der Waals surface area contributed by atoms with E-state index in [2.05, 4.69) is 0 Å². The quantitative estimate of drug-likeness (QED) is 0.720. The minimum Gasteiger partial charge on any atom is -0.491 e. The van der Waals surface area contributed by atoms with Gasteiger partial charge in [-0.2, -0.15) is 0 Å². The number of benzene rings is 2. The van der Waals surface area contributed by atoms with E-state index in [4.69, 9.17) is 4.74 Å². The molecule has 0 aliphatic carbocycles. The number of hydrogen-bond acceptors (Lipinski definition) is 5. The molecule has 146 valence electrons. The van der Waals surface area contributed by atoms with Gasteiger partial charge in [-0.05, 0) is 50.6 Å². The van der Waals surface area contributed by atoms with E-state index in [1.807, 2.05) is 45.0 Å². The van der Waals surface area contributed by atoms with E-state index in [1.165, 1.54) is 16.7 Å². The van der Waals surface area contributed by atoms with Gasteiger partial charge in [0.2, 0.25) is 0 Å². The zero-order valence-corrected chi connectivity index (χ0v) is 17.0. The van der Waals surface area contributed by atoms with Gasteiger partial charge in [-0.3, -0.25) is 9.59 Å². The van der Waals surface area contributed by atoms with Crippen LogP contribution in [0.5, 0.6) is 5.75 Å². The molecule has 2 aromatic carbocycles. The van der Waals surface area contributed by atoms with Crippen LogP contribution in [0.15, 0.2) is 53.4 Å². The maximum absolute atomic E-state index is 13.2. The Labute approximate surface area is 169 Å². The van der Waals surface area contributed by atoms with Gasteiger partial charge in [0, 0.05) is 5.75 Å². The molecule has 6 heteroatoms. The molecule has 1 aliphatic heterocycles. The van der Waals surface area contributed by atoms with Crippen LogP contribution in [0.4, 0.5) is 5.69 Å². The highest BCUT2D eigenvalue weighted by Gasteiger charge is 2.40. The fourth-order valence-corrected chi connectivity index (χ4v) is 3.81. The Kier molecular flexibility index (Phi) is 6.21. The minimum absolute atomic E-state index is 0.0391. The molecular formula is C22H23NO4S. The van der Waals surface area contributed by atoms with Gasteiger partial charge in [0.15, 0.2) is 0 Å². The monoisotopic (exact) mass is 397 g/mol. The third-order valence-electron chi connectivity index (χ3n) is 4.19. The van der Waals surface area contributed by atoms with Gasteiger partial charge >= 0.3 is 0 Å². The Hall–Kier alpha value is -2.57. The Morgan fingerprint density at radius 2 is 1.64 bits per heavy atom. The lowest BCUT2D eigenvalue weighted by Crippen LogP contribution is -2.31. The summed E-state index contributed by atoms with van der Waals surface area (Å²) in [6.45, 7) is 5.76. The molecule has 0 spiro atoms. The van der Waals surface area contributed by atoms with Gasteiger partial charge < -0.3 is 9.84 Å². The standard InChI is InChI=1S/C22H23NO4S/c1-14(2)27-18-10-8-17(9-11-18)23-21(25)19(16-6-4-15(3)5-7-16)20(22(23)26)28-13-12-24/h4-11,14,24H,12-13H2,1-3H3. The number of hydrogen-bond donors (Lipinski definition) is 1. The fraction of sp³-hybridized carbons (Fsp3) is 0.273. The number of aliphatic hydroxyl groups is 1. The van der Waals surface area contributed by atoms with Gasteiger partial charge in [-0.1, -0.05) is 29.8 Å². The molecule has 28 heavy (non-hydrogen) atoms. The van der Waals surface area contributed by atoms with Crippen LogP contribution in [0, 0.1) is 6.92 Å². The van der Waals surface area contributed by atoms with Crippen LogP contribution in [0.2, 0.25) is 0 Å². The Morgan fingerprint density at radius 1 is 1.00 bits per heavy atom. The number of imide groups is 1. The molecule has 2 aromatic rings. The number of aliphatic hydroxyl groups excluding tert-OH is 1. The largest absolute Gasteiger partial charge is 0.491 e. The number of carbonyl (C=O) groups excluding carboxylic acids is 2. The van der Waals surface area contributed by atoms with E-state index in [0.29, 0.717) is 33.2 Å². The summed E-state index contributed by atoms with van der Waals surface area (Å²) in [5, 5.41) is 9.19.